The third kappa shape index (κ3) is 15.7. The van der Waals surface area contributed by atoms with Crippen molar-refractivity contribution in [1.82, 2.24) is 15.0 Å². The molecule has 15 rings (SSSR count). The molecular weight excluding hydrogens is 1320 g/mol. The normalized spacial score (nSPS) is 38.6. The van der Waals surface area contributed by atoms with E-state index in [-0.39, 0.29) is 51.7 Å². The summed E-state index contributed by atoms with van der Waals surface area (Å²) in [5.41, 5.74) is 5.40. The summed E-state index contributed by atoms with van der Waals surface area (Å²) < 4.78 is 66.9. The van der Waals surface area contributed by atoms with Gasteiger partial charge in [0.2, 0.25) is 0 Å². The van der Waals surface area contributed by atoms with Gasteiger partial charge in [-0.1, -0.05) is 132 Å². The Balaban J connectivity index is 0.000000135. The van der Waals surface area contributed by atoms with E-state index in [2.05, 4.69) is 92.2 Å². The molecule has 1 N–H and O–H groups in total. The maximum atomic E-state index is 8.80. The van der Waals surface area contributed by atoms with Gasteiger partial charge in [0.15, 0.2) is 18.9 Å². The lowest BCUT2D eigenvalue weighted by Gasteiger charge is -2.63. The monoisotopic (exact) mass is 1450 g/mol. The predicted octanol–water partition coefficient (Wildman–Crippen LogP) is 19.2. The number of pyridine rings is 3. The second-order valence-corrected chi connectivity index (χ2v) is 34.9. The third-order valence-corrected chi connectivity index (χ3v) is 28.9. The number of halogens is 1. The van der Waals surface area contributed by atoms with Crippen LogP contribution in [0.25, 0.3) is 0 Å². The molecule has 0 radical (unpaired) electrons. The van der Waals surface area contributed by atoms with Crippen LogP contribution in [0.15, 0.2) is 91.8 Å². The molecule has 18 atom stereocenters. The smallest absolute Gasteiger partial charge is 0.160 e. The molecule has 0 aromatic carbocycles. The number of aromatic nitrogens is 3. The minimum Gasteiger partial charge on any atom is -0.506 e. The lowest BCUT2D eigenvalue weighted by Crippen LogP contribution is -2.62. The summed E-state index contributed by atoms with van der Waals surface area (Å²) >= 11 is 3.69. The Morgan fingerprint density at radius 1 is 0.420 bits per heavy atom. The minimum absolute atomic E-state index is 0.0224. The van der Waals surface area contributed by atoms with Crippen LogP contribution >= 0.6 is 15.9 Å². The van der Waals surface area contributed by atoms with Crippen molar-refractivity contribution in [1.29, 1.82) is 0 Å². The average molecular weight is 1450 g/mol. The van der Waals surface area contributed by atoms with Crippen LogP contribution in [0, 0.1) is 85.8 Å². The van der Waals surface area contributed by atoms with Crippen molar-refractivity contribution >= 4 is 15.9 Å². The van der Waals surface area contributed by atoms with Crippen molar-refractivity contribution in [3.63, 3.8) is 0 Å². The molecule has 554 valence electrons. The van der Waals surface area contributed by atoms with Crippen molar-refractivity contribution in [2.45, 2.75) is 252 Å². The molecule has 6 heterocycles. The molecular formula is C84H124BrN3O12. The van der Waals surface area contributed by atoms with Gasteiger partial charge >= 0.3 is 0 Å². The SMILES string of the molecule is C=C1CCC2[C@]3(C)CO[C@@H](C4CCCC4)O[C@@H]3CC[C@@]2(C)[C@@H]1CCBr.C=C1CCC2[C@]3(C)CO[C@@H](C4CCCC4)O[C@@H]3CC[C@@]2(C)[C@@H]1CCOc1cncc(OC)c1.C=C1CCC2[C@]3(C)CO[C@@H](C4CCCC4)O[C@@H]3CC[C@@]2(C)[C@@H]1CCOc1cncc(OC)c1.COc1cncc(O)c1. The molecule has 3 aliphatic heterocycles. The maximum absolute atomic E-state index is 8.80. The Morgan fingerprint density at radius 3 is 1.04 bits per heavy atom. The summed E-state index contributed by atoms with van der Waals surface area (Å²) in [6.45, 7) is 32.3. The molecule has 3 saturated heterocycles. The van der Waals surface area contributed by atoms with E-state index >= 15 is 0 Å². The van der Waals surface area contributed by atoms with Gasteiger partial charge in [-0.3, -0.25) is 15.0 Å². The van der Waals surface area contributed by atoms with E-state index in [0.29, 0.717) is 96.0 Å². The molecule has 0 amide bonds. The zero-order chi connectivity index (χ0) is 70.5. The van der Waals surface area contributed by atoms with E-state index in [4.69, 9.17) is 57.2 Å². The molecule has 3 aromatic heterocycles. The minimum atomic E-state index is 0.0224. The van der Waals surface area contributed by atoms with Crippen molar-refractivity contribution in [2.24, 2.45) is 85.8 Å². The number of hydrogen-bond acceptors (Lipinski definition) is 15. The molecule has 9 aliphatic carbocycles. The van der Waals surface area contributed by atoms with Crippen molar-refractivity contribution in [3.05, 3.63) is 91.8 Å². The Labute approximate surface area is 608 Å². The van der Waals surface area contributed by atoms with Gasteiger partial charge < -0.3 is 57.2 Å². The number of rotatable bonds is 16. The van der Waals surface area contributed by atoms with Crippen LogP contribution in [0.3, 0.4) is 0 Å². The summed E-state index contributed by atoms with van der Waals surface area (Å²) in [4.78, 5) is 12.1. The third-order valence-electron chi connectivity index (χ3n) is 28.4. The second-order valence-electron chi connectivity index (χ2n) is 34.1. The van der Waals surface area contributed by atoms with Gasteiger partial charge in [-0.2, -0.15) is 0 Å². The molecule has 16 heteroatoms. The summed E-state index contributed by atoms with van der Waals surface area (Å²) in [5.74, 6) is 8.94. The highest BCUT2D eigenvalue weighted by Gasteiger charge is 2.64. The standard InChI is InChI=1S/2C28H41NO4.C22H35BrO2.C6H7NO2/c2*1-19-9-10-24-27(2,23(19)12-14-31-22-15-21(30-4)16-29-17-22)13-11-25-28(24,3)18-32-26(33-25)20-7-5-6-8-20;1-15-8-9-18-21(2,17(15)11-13-23)12-10-19-22(18,3)14-24-20(25-19)16-6-4-5-7-16;1-9-6-2-5(8)3-7-4-6/h2*15-17,20,23-26H,1,5-14,18H2,2-4H3;16-20H,1,4-14H2,2-3H3;2-4,8H,1H3/t2*23-,24?,25-,26-,27+,28+;17-,18?,19-,20-,21+,22+;/m111./s1. The molecule has 3 aromatic rings. The molecule has 100 heavy (non-hydrogen) atoms. The first-order chi connectivity index (χ1) is 48.2. The molecule has 12 aliphatic rings. The molecule has 3 unspecified atom stereocenters. The van der Waals surface area contributed by atoms with Crippen molar-refractivity contribution in [3.8, 4) is 34.5 Å². The fourth-order valence-corrected chi connectivity index (χ4v) is 23.4. The van der Waals surface area contributed by atoms with Gasteiger partial charge in [-0.05, 0) is 187 Å². The summed E-state index contributed by atoms with van der Waals surface area (Å²) in [6, 6.07) is 5.29. The van der Waals surface area contributed by atoms with Crippen LogP contribution in [-0.2, 0) is 28.4 Å². The lowest BCUT2D eigenvalue weighted by atomic mass is 9.46. The van der Waals surface area contributed by atoms with Crippen LogP contribution in [0.4, 0.5) is 0 Å². The number of fused-ring (bicyclic) bond motifs is 9. The Morgan fingerprint density at radius 2 is 0.730 bits per heavy atom. The van der Waals surface area contributed by atoms with E-state index in [1.165, 1.54) is 177 Å². The average Bonchev–Trinajstić information content (AvgIpc) is 0.770. The number of aromatic hydroxyl groups is 1. The zero-order valence-electron chi connectivity index (χ0n) is 62.5. The highest BCUT2D eigenvalue weighted by Crippen LogP contribution is 2.67. The van der Waals surface area contributed by atoms with E-state index < -0.39 is 0 Å². The highest BCUT2D eigenvalue weighted by molar-refractivity contribution is 9.09. The van der Waals surface area contributed by atoms with E-state index in [0.717, 1.165) is 86.7 Å². The van der Waals surface area contributed by atoms with Crippen LogP contribution in [0.5, 0.6) is 34.5 Å². The van der Waals surface area contributed by atoms with Gasteiger partial charge in [-0.15, -0.1) is 0 Å². The van der Waals surface area contributed by atoms with Gasteiger partial charge in [-0.25, -0.2) is 0 Å². The summed E-state index contributed by atoms with van der Waals surface area (Å²) in [5, 5.41) is 9.88. The van der Waals surface area contributed by atoms with Gasteiger partial charge in [0, 0.05) is 57.5 Å². The number of methoxy groups -OCH3 is 3. The molecule has 12 fully saturated rings. The number of alkyl halides is 1. The lowest BCUT2D eigenvalue weighted by molar-refractivity contribution is -0.316. The van der Waals surface area contributed by atoms with E-state index in [1.54, 1.807) is 39.0 Å². The quantitative estimate of drug-likeness (QED) is 0.106. The molecule has 0 bridgehead atoms. The number of nitrogens with zero attached hydrogens (tertiary/aromatic N) is 3. The van der Waals surface area contributed by atoms with Crippen molar-refractivity contribution in [2.75, 3.05) is 59.7 Å². The fourth-order valence-electron chi connectivity index (χ4n) is 23.0. The maximum Gasteiger partial charge on any atom is 0.160 e. The predicted molar refractivity (Wildman–Crippen MR) is 395 cm³/mol. The topological polar surface area (TPSA) is 160 Å². The Hall–Kier alpha value is -4.29. The molecule has 9 saturated carbocycles. The van der Waals surface area contributed by atoms with Gasteiger partial charge in [0.05, 0.1) is 110 Å². The Kier molecular flexibility index (Phi) is 24.6. The fraction of sp³-hybridized carbons (Fsp3) is 0.750. The van der Waals surface area contributed by atoms with Gasteiger partial charge in [0.1, 0.15) is 34.5 Å². The van der Waals surface area contributed by atoms with E-state index in [1.807, 2.05) is 12.1 Å². The van der Waals surface area contributed by atoms with Crippen LogP contribution in [0.1, 0.15) is 215 Å². The van der Waals surface area contributed by atoms with E-state index in [9.17, 15) is 0 Å². The zero-order valence-corrected chi connectivity index (χ0v) is 64.1. The summed E-state index contributed by atoms with van der Waals surface area (Å²) in [7, 11) is 4.83. The first-order valence-electron chi connectivity index (χ1n) is 39.0. The van der Waals surface area contributed by atoms with Crippen molar-refractivity contribution < 1.29 is 57.2 Å². The number of hydrogen-bond donors (Lipinski definition) is 1. The Bertz CT molecular complexity index is 3070. The van der Waals surface area contributed by atoms with Crippen LogP contribution < -0.4 is 23.7 Å². The highest BCUT2D eigenvalue weighted by atomic mass is 79.9. The summed E-state index contributed by atoms with van der Waals surface area (Å²) in [6.07, 6.45) is 43.9. The first-order valence-corrected chi connectivity index (χ1v) is 40.1. The number of ether oxygens (including phenoxy) is 11. The molecule has 0 spiro atoms. The molecule has 15 nitrogen and oxygen atoms in total. The van der Waals surface area contributed by atoms with Crippen LogP contribution in [-0.4, -0.2) is 117 Å². The second kappa shape index (κ2) is 32.6. The van der Waals surface area contributed by atoms with Gasteiger partial charge in [0.25, 0.3) is 0 Å². The largest absolute Gasteiger partial charge is 0.506 e. The van der Waals surface area contributed by atoms with Crippen LogP contribution in [0.2, 0.25) is 0 Å². The number of allylic oxidation sites excluding steroid dienone is 3. The first kappa shape index (κ1) is 75.4.